The van der Waals surface area contributed by atoms with Gasteiger partial charge in [-0.1, -0.05) is 11.6 Å². The molecule has 1 aromatic carbocycles. The normalized spacial score (nSPS) is 22.3. The van der Waals surface area contributed by atoms with Crippen molar-refractivity contribution in [2.75, 3.05) is 0 Å². The Morgan fingerprint density at radius 3 is 2.60 bits per heavy atom. The van der Waals surface area contributed by atoms with Crippen LogP contribution in [0.3, 0.4) is 0 Å². The molecule has 1 saturated carbocycles. The maximum absolute atomic E-state index is 12.1. The highest BCUT2D eigenvalue weighted by Gasteiger charge is 2.25. The van der Waals surface area contributed by atoms with E-state index in [0.717, 1.165) is 0 Å². The van der Waals surface area contributed by atoms with Gasteiger partial charge in [-0.25, -0.2) is 0 Å². The summed E-state index contributed by atoms with van der Waals surface area (Å²) in [4.78, 5) is 22.4. The van der Waals surface area contributed by atoms with Crippen molar-refractivity contribution in [3.05, 3.63) is 38.9 Å². The number of aliphatic hydroxyl groups is 1. The molecule has 0 bridgehead atoms. The number of rotatable bonds is 3. The van der Waals surface area contributed by atoms with E-state index in [2.05, 4.69) is 5.32 Å². The zero-order chi connectivity index (χ0) is 14.7. The van der Waals surface area contributed by atoms with Gasteiger partial charge in [-0.15, -0.1) is 0 Å². The van der Waals surface area contributed by atoms with Crippen LogP contribution in [0.2, 0.25) is 5.02 Å². The second kappa shape index (κ2) is 6.19. The minimum atomic E-state index is -0.620. The van der Waals surface area contributed by atoms with Crippen molar-refractivity contribution in [2.45, 2.75) is 37.8 Å². The lowest BCUT2D eigenvalue weighted by Gasteiger charge is -2.26. The standard InChI is InChI=1S/C13H15ClN2O4/c14-8-1-6-11(12(7-8)16(19)20)13(18)15-9-2-4-10(17)5-3-9/h1,6-7,9-10,17H,2-5H2,(H,15,18). The number of hydrogen-bond donors (Lipinski definition) is 2. The Balaban J connectivity index is 2.11. The van der Waals surface area contributed by atoms with E-state index in [9.17, 15) is 20.0 Å². The largest absolute Gasteiger partial charge is 0.393 e. The predicted molar refractivity (Wildman–Crippen MR) is 73.8 cm³/mol. The summed E-state index contributed by atoms with van der Waals surface area (Å²) in [5, 5.41) is 23.3. The number of amides is 1. The quantitative estimate of drug-likeness (QED) is 0.661. The molecule has 20 heavy (non-hydrogen) atoms. The van der Waals surface area contributed by atoms with Crippen molar-refractivity contribution in [1.29, 1.82) is 0 Å². The van der Waals surface area contributed by atoms with Crippen LogP contribution in [0.25, 0.3) is 0 Å². The van der Waals surface area contributed by atoms with Crippen LogP contribution in [0.5, 0.6) is 0 Å². The third-order valence-corrected chi connectivity index (χ3v) is 3.67. The second-order valence-electron chi connectivity index (χ2n) is 4.90. The Hall–Kier alpha value is -1.66. The molecule has 1 aromatic rings. The van der Waals surface area contributed by atoms with Gasteiger partial charge in [0.05, 0.1) is 11.0 Å². The average molecular weight is 299 g/mol. The summed E-state index contributed by atoms with van der Waals surface area (Å²) in [6.07, 6.45) is 2.30. The molecule has 0 aromatic heterocycles. The molecule has 0 spiro atoms. The van der Waals surface area contributed by atoms with Crippen molar-refractivity contribution in [1.82, 2.24) is 5.32 Å². The van der Waals surface area contributed by atoms with Crippen molar-refractivity contribution in [3.63, 3.8) is 0 Å². The van der Waals surface area contributed by atoms with E-state index in [1.807, 2.05) is 0 Å². The molecule has 1 fully saturated rings. The summed E-state index contributed by atoms with van der Waals surface area (Å²) in [5.41, 5.74) is -0.295. The molecule has 108 valence electrons. The maximum Gasteiger partial charge on any atom is 0.283 e. The van der Waals surface area contributed by atoms with E-state index < -0.39 is 10.8 Å². The summed E-state index contributed by atoms with van der Waals surface area (Å²) in [5.74, 6) is -0.477. The highest BCUT2D eigenvalue weighted by molar-refractivity contribution is 6.31. The molecule has 6 nitrogen and oxygen atoms in total. The number of nitro groups is 1. The number of nitrogens with one attached hydrogen (secondary N) is 1. The fraction of sp³-hybridized carbons (Fsp3) is 0.462. The fourth-order valence-corrected chi connectivity index (χ4v) is 2.50. The molecular weight excluding hydrogens is 284 g/mol. The van der Waals surface area contributed by atoms with Gasteiger partial charge in [0.1, 0.15) is 5.56 Å². The lowest BCUT2D eigenvalue weighted by Crippen LogP contribution is -2.38. The van der Waals surface area contributed by atoms with E-state index in [4.69, 9.17) is 11.6 Å². The van der Waals surface area contributed by atoms with Crippen molar-refractivity contribution in [2.24, 2.45) is 0 Å². The monoisotopic (exact) mass is 298 g/mol. The van der Waals surface area contributed by atoms with E-state index in [0.29, 0.717) is 25.7 Å². The third-order valence-electron chi connectivity index (χ3n) is 3.43. The van der Waals surface area contributed by atoms with Gasteiger partial charge in [-0.2, -0.15) is 0 Å². The van der Waals surface area contributed by atoms with Crippen LogP contribution in [-0.2, 0) is 0 Å². The van der Waals surface area contributed by atoms with Crippen LogP contribution in [-0.4, -0.2) is 28.1 Å². The van der Waals surface area contributed by atoms with Gasteiger partial charge in [0.15, 0.2) is 0 Å². The molecule has 7 heteroatoms. The Morgan fingerprint density at radius 1 is 1.35 bits per heavy atom. The predicted octanol–water partition coefficient (Wildman–Crippen LogP) is 2.28. The van der Waals surface area contributed by atoms with E-state index in [1.165, 1.54) is 18.2 Å². The van der Waals surface area contributed by atoms with Gasteiger partial charge in [-0.05, 0) is 37.8 Å². The summed E-state index contributed by atoms with van der Waals surface area (Å²) in [6, 6.07) is 3.92. The number of benzene rings is 1. The summed E-state index contributed by atoms with van der Waals surface area (Å²) < 4.78 is 0. The highest BCUT2D eigenvalue weighted by atomic mass is 35.5. The van der Waals surface area contributed by atoms with E-state index in [-0.39, 0.29) is 28.4 Å². The van der Waals surface area contributed by atoms with Crippen LogP contribution >= 0.6 is 11.6 Å². The molecule has 0 unspecified atom stereocenters. The molecule has 0 heterocycles. The number of nitrogens with zero attached hydrogens (tertiary/aromatic N) is 1. The van der Waals surface area contributed by atoms with Crippen LogP contribution in [0.4, 0.5) is 5.69 Å². The number of nitro benzene ring substituents is 1. The molecule has 0 atom stereocenters. The fourth-order valence-electron chi connectivity index (χ4n) is 2.33. The molecule has 1 aliphatic carbocycles. The smallest absolute Gasteiger partial charge is 0.283 e. The molecule has 2 rings (SSSR count). The van der Waals surface area contributed by atoms with Crippen LogP contribution < -0.4 is 5.32 Å². The molecular formula is C13H15ClN2O4. The Labute approximate surface area is 120 Å². The van der Waals surface area contributed by atoms with Gasteiger partial charge in [0.25, 0.3) is 11.6 Å². The number of carbonyl (C=O) groups is 1. The van der Waals surface area contributed by atoms with Gasteiger partial charge in [0, 0.05) is 17.1 Å². The molecule has 1 amide bonds. The zero-order valence-electron chi connectivity index (χ0n) is 10.7. The maximum atomic E-state index is 12.1. The van der Waals surface area contributed by atoms with Gasteiger partial charge in [0.2, 0.25) is 0 Å². The SMILES string of the molecule is O=C(NC1CCC(O)CC1)c1ccc(Cl)cc1[N+](=O)[O-]. The third kappa shape index (κ3) is 3.46. The van der Waals surface area contributed by atoms with Gasteiger partial charge >= 0.3 is 0 Å². The van der Waals surface area contributed by atoms with E-state index in [1.54, 1.807) is 0 Å². The second-order valence-corrected chi connectivity index (χ2v) is 5.33. The summed E-state index contributed by atoms with van der Waals surface area (Å²) in [6.45, 7) is 0. The van der Waals surface area contributed by atoms with Crippen molar-refractivity contribution >= 4 is 23.2 Å². The first-order valence-electron chi connectivity index (χ1n) is 6.40. The minimum Gasteiger partial charge on any atom is -0.393 e. The minimum absolute atomic E-state index is 0.00511. The average Bonchev–Trinajstić information content (AvgIpc) is 2.41. The Morgan fingerprint density at radius 2 is 2.00 bits per heavy atom. The topological polar surface area (TPSA) is 92.5 Å². The van der Waals surface area contributed by atoms with Crippen molar-refractivity contribution in [3.8, 4) is 0 Å². The summed E-state index contributed by atoms with van der Waals surface area (Å²) in [7, 11) is 0. The number of halogens is 1. The molecule has 0 aliphatic heterocycles. The van der Waals surface area contributed by atoms with Crippen LogP contribution in [0.1, 0.15) is 36.0 Å². The molecule has 1 aliphatic rings. The number of carbonyl (C=O) groups excluding carboxylic acids is 1. The van der Waals surface area contributed by atoms with Crippen LogP contribution in [0.15, 0.2) is 18.2 Å². The first-order chi connectivity index (χ1) is 9.47. The molecule has 2 N–H and O–H groups in total. The van der Waals surface area contributed by atoms with E-state index >= 15 is 0 Å². The first-order valence-corrected chi connectivity index (χ1v) is 6.78. The Kier molecular flexibility index (Phi) is 4.57. The van der Waals surface area contributed by atoms with Crippen LogP contribution in [0, 0.1) is 10.1 Å². The lowest BCUT2D eigenvalue weighted by atomic mass is 9.93. The highest BCUT2D eigenvalue weighted by Crippen LogP contribution is 2.24. The van der Waals surface area contributed by atoms with Gasteiger partial charge < -0.3 is 10.4 Å². The summed E-state index contributed by atoms with van der Waals surface area (Å²) >= 11 is 5.71. The number of hydrogen-bond acceptors (Lipinski definition) is 4. The number of aliphatic hydroxyl groups excluding tert-OH is 1. The van der Waals surface area contributed by atoms with Gasteiger partial charge in [-0.3, -0.25) is 14.9 Å². The Bertz CT molecular complexity index is 527. The molecule has 0 saturated heterocycles. The lowest BCUT2D eigenvalue weighted by molar-refractivity contribution is -0.385. The first kappa shape index (κ1) is 14.7. The van der Waals surface area contributed by atoms with Crippen molar-refractivity contribution < 1.29 is 14.8 Å². The molecule has 0 radical (unpaired) electrons. The zero-order valence-corrected chi connectivity index (χ0v) is 11.5.